The van der Waals surface area contributed by atoms with E-state index in [1.807, 2.05) is 0 Å². The van der Waals surface area contributed by atoms with E-state index in [0.29, 0.717) is 11.4 Å². The number of anilines is 2. The van der Waals surface area contributed by atoms with Crippen LogP contribution in [0.25, 0.3) is 0 Å². The van der Waals surface area contributed by atoms with Gasteiger partial charge in [0.2, 0.25) is 5.91 Å². The van der Waals surface area contributed by atoms with Crippen molar-refractivity contribution in [3.63, 3.8) is 0 Å². The molecule has 0 unspecified atom stereocenters. The summed E-state index contributed by atoms with van der Waals surface area (Å²) >= 11 is 0. The van der Waals surface area contributed by atoms with Crippen LogP contribution in [0.2, 0.25) is 0 Å². The number of Topliss-reactive ketones (excluding diaryl/α,β-unsaturated/α-hetero) is 1. The number of ketones is 1. The van der Waals surface area contributed by atoms with Gasteiger partial charge in [-0.3, -0.25) is 9.59 Å². The van der Waals surface area contributed by atoms with Gasteiger partial charge in [-0.15, -0.1) is 0 Å². The van der Waals surface area contributed by atoms with E-state index in [9.17, 15) is 14.4 Å². The highest BCUT2D eigenvalue weighted by Gasteiger charge is 2.28. The summed E-state index contributed by atoms with van der Waals surface area (Å²) in [6.07, 6.45) is 0. The number of likely N-dealkylation sites (N-methyl/N-ethyl adjacent to an activating group) is 1. The number of nitrogens with zero attached hydrogens (tertiary/aromatic N) is 2. The molecule has 6 heteroatoms. The normalized spacial score (nSPS) is 14.3. The molecule has 1 aliphatic heterocycles. The lowest BCUT2D eigenvalue weighted by Crippen LogP contribution is -2.45. The van der Waals surface area contributed by atoms with Crippen LogP contribution >= 0.6 is 0 Å². The van der Waals surface area contributed by atoms with Crippen molar-refractivity contribution in [3.05, 3.63) is 23.8 Å². The van der Waals surface area contributed by atoms with Gasteiger partial charge < -0.3 is 14.9 Å². The molecule has 0 saturated carbocycles. The number of carbonyl (C=O) groups is 3. The Morgan fingerprint density at radius 2 is 2.00 bits per heavy atom. The highest BCUT2D eigenvalue weighted by molar-refractivity contribution is 6.05. The van der Waals surface area contributed by atoms with Gasteiger partial charge in [0.25, 0.3) is 0 Å². The third kappa shape index (κ3) is 2.42. The second-order valence-electron chi connectivity index (χ2n) is 4.52. The minimum atomic E-state index is -1.04. The maximum Gasteiger partial charge on any atom is 0.335 e. The molecule has 1 aliphatic rings. The van der Waals surface area contributed by atoms with Gasteiger partial charge in [-0.05, 0) is 25.1 Å². The van der Waals surface area contributed by atoms with Gasteiger partial charge in [0.15, 0.2) is 0 Å². The fourth-order valence-electron chi connectivity index (χ4n) is 2.09. The zero-order valence-electron chi connectivity index (χ0n) is 10.7. The lowest BCUT2D eigenvalue weighted by atomic mass is 10.1. The van der Waals surface area contributed by atoms with E-state index in [1.54, 1.807) is 18.0 Å². The number of amides is 1. The van der Waals surface area contributed by atoms with Crippen LogP contribution in [0.1, 0.15) is 17.3 Å². The predicted molar refractivity (Wildman–Crippen MR) is 69.7 cm³/mol. The van der Waals surface area contributed by atoms with E-state index in [-0.39, 0.29) is 30.3 Å². The van der Waals surface area contributed by atoms with Crippen molar-refractivity contribution in [2.75, 3.05) is 29.9 Å². The number of rotatable bonds is 3. The van der Waals surface area contributed by atoms with Crippen LogP contribution in [0.4, 0.5) is 11.4 Å². The first-order valence-electron chi connectivity index (χ1n) is 5.78. The van der Waals surface area contributed by atoms with Crippen LogP contribution in [-0.2, 0) is 9.59 Å². The summed E-state index contributed by atoms with van der Waals surface area (Å²) in [5, 5.41) is 9.01. The highest BCUT2D eigenvalue weighted by Crippen LogP contribution is 2.33. The minimum Gasteiger partial charge on any atom is -0.478 e. The molecule has 1 aromatic carbocycles. The Morgan fingerprint density at radius 1 is 1.32 bits per heavy atom. The van der Waals surface area contributed by atoms with Gasteiger partial charge >= 0.3 is 5.97 Å². The Morgan fingerprint density at radius 3 is 2.58 bits per heavy atom. The third-order valence-electron chi connectivity index (χ3n) is 3.04. The van der Waals surface area contributed by atoms with Crippen LogP contribution in [0.3, 0.4) is 0 Å². The summed E-state index contributed by atoms with van der Waals surface area (Å²) in [5.74, 6) is -1.24. The topological polar surface area (TPSA) is 77.9 Å². The van der Waals surface area contributed by atoms with Gasteiger partial charge in [0.05, 0.1) is 30.0 Å². The van der Waals surface area contributed by atoms with E-state index >= 15 is 0 Å². The maximum atomic E-state index is 11.8. The number of fused-ring (bicyclic) bond motifs is 1. The average Bonchev–Trinajstić information content (AvgIpc) is 2.34. The predicted octanol–water partition coefficient (Wildman–Crippen LogP) is 0.757. The molecule has 0 aliphatic carbocycles. The molecular formula is C13H14N2O4. The molecule has 100 valence electrons. The number of aromatic carboxylic acids is 1. The Kier molecular flexibility index (Phi) is 3.25. The minimum absolute atomic E-state index is 0.0755. The van der Waals surface area contributed by atoms with Crippen LogP contribution in [0, 0.1) is 0 Å². The standard InChI is InChI=1S/C13H14N2O4/c1-8(16)6-15-7-12(17)14(2)10-4-3-9(13(18)19)5-11(10)15/h3-5H,6-7H2,1-2H3,(H,18,19). The lowest BCUT2D eigenvalue weighted by Gasteiger charge is -2.35. The molecule has 0 spiro atoms. The van der Waals surface area contributed by atoms with E-state index in [0.717, 1.165) is 0 Å². The summed E-state index contributed by atoms with van der Waals surface area (Å²) in [5.41, 5.74) is 1.34. The third-order valence-corrected chi connectivity index (χ3v) is 3.04. The number of hydrogen-bond donors (Lipinski definition) is 1. The van der Waals surface area contributed by atoms with Crippen LogP contribution in [-0.4, -0.2) is 42.9 Å². The Hall–Kier alpha value is -2.37. The molecule has 1 N–H and O–H groups in total. The molecule has 0 saturated heterocycles. The first kappa shape index (κ1) is 13.1. The SMILES string of the molecule is CC(=O)CN1CC(=O)N(C)c2ccc(C(=O)O)cc21. The monoisotopic (exact) mass is 262 g/mol. The van der Waals surface area contributed by atoms with Gasteiger partial charge in [0.1, 0.15) is 5.78 Å². The van der Waals surface area contributed by atoms with Gasteiger partial charge in [-0.25, -0.2) is 4.79 Å². The molecule has 1 heterocycles. The van der Waals surface area contributed by atoms with E-state index in [4.69, 9.17) is 5.11 Å². The van der Waals surface area contributed by atoms with Crippen molar-refractivity contribution in [1.29, 1.82) is 0 Å². The van der Waals surface area contributed by atoms with Crippen molar-refractivity contribution >= 4 is 29.0 Å². The number of carbonyl (C=O) groups excluding carboxylic acids is 2. The van der Waals surface area contributed by atoms with Crippen molar-refractivity contribution in [1.82, 2.24) is 0 Å². The summed E-state index contributed by atoms with van der Waals surface area (Å²) in [7, 11) is 1.63. The Bertz CT molecular complexity index is 568. The smallest absolute Gasteiger partial charge is 0.335 e. The quantitative estimate of drug-likeness (QED) is 0.870. The summed E-state index contributed by atoms with van der Waals surface area (Å²) in [4.78, 5) is 37.1. The molecule has 0 radical (unpaired) electrons. The number of carboxylic acids is 1. The Balaban J connectivity index is 2.50. The summed E-state index contributed by atoms with van der Waals surface area (Å²) in [6.45, 7) is 1.60. The van der Waals surface area contributed by atoms with E-state index in [2.05, 4.69) is 0 Å². The van der Waals surface area contributed by atoms with Crippen LogP contribution in [0.5, 0.6) is 0 Å². The molecule has 1 amide bonds. The van der Waals surface area contributed by atoms with Crippen molar-refractivity contribution in [2.24, 2.45) is 0 Å². The maximum absolute atomic E-state index is 11.8. The van der Waals surface area contributed by atoms with Crippen molar-refractivity contribution in [3.8, 4) is 0 Å². The zero-order chi connectivity index (χ0) is 14.2. The fourth-order valence-corrected chi connectivity index (χ4v) is 2.09. The second-order valence-corrected chi connectivity index (χ2v) is 4.52. The molecule has 0 bridgehead atoms. The Labute approximate surface area is 110 Å². The molecular weight excluding hydrogens is 248 g/mol. The first-order chi connectivity index (χ1) is 8.90. The van der Waals surface area contributed by atoms with Crippen molar-refractivity contribution in [2.45, 2.75) is 6.92 Å². The first-order valence-corrected chi connectivity index (χ1v) is 5.78. The van der Waals surface area contributed by atoms with Crippen LogP contribution < -0.4 is 9.80 Å². The second kappa shape index (κ2) is 4.72. The molecule has 6 nitrogen and oxygen atoms in total. The van der Waals surface area contributed by atoms with Gasteiger partial charge in [0, 0.05) is 7.05 Å². The fraction of sp³-hybridized carbons (Fsp3) is 0.308. The molecule has 2 rings (SSSR count). The largest absolute Gasteiger partial charge is 0.478 e. The van der Waals surface area contributed by atoms with Crippen LogP contribution in [0.15, 0.2) is 18.2 Å². The lowest BCUT2D eigenvalue weighted by molar-refractivity contribution is -0.117. The zero-order valence-corrected chi connectivity index (χ0v) is 10.7. The summed E-state index contributed by atoms with van der Waals surface area (Å²) in [6, 6.07) is 4.52. The molecule has 0 aromatic heterocycles. The number of carboxylic acid groups (broad SMARTS) is 1. The molecule has 19 heavy (non-hydrogen) atoms. The van der Waals surface area contributed by atoms with Gasteiger partial charge in [-0.2, -0.15) is 0 Å². The molecule has 1 aromatic rings. The van der Waals surface area contributed by atoms with E-state index in [1.165, 1.54) is 24.0 Å². The average molecular weight is 262 g/mol. The van der Waals surface area contributed by atoms with E-state index < -0.39 is 5.97 Å². The number of benzene rings is 1. The molecule has 0 fully saturated rings. The summed E-state index contributed by atoms with van der Waals surface area (Å²) < 4.78 is 0. The van der Waals surface area contributed by atoms with Gasteiger partial charge in [-0.1, -0.05) is 0 Å². The van der Waals surface area contributed by atoms with Crippen molar-refractivity contribution < 1.29 is 19.5 Å². The molecule has 0 atom stereocenters. The number of hydrogen-bond acceptors (Lipinski definition) is 4. The highest BCUT2D eigenvalue weighted by atomic mass is 16.4.